The minimum Gasteiger partial charge on any atom is -0.466 e. The molecule has 0 amide bonds. The molecule has 0 aromatic heterocycles. The van der Waals surface area contributed by atoms with Crippen LogP contribution in [0.3, 0.4) is 0 Å². The third-order valence-corrected chi connectivity index (χ3v) is 4.77. The number of carbonyl (C=O) groups excluding carboxylic acids is 4. The van der Waals surface area contributed by atoms with Crippen LogP contribution < -0.4 is 0 Å². The van der Waals surface area contributed by atoms with Gasteiger partial charge in [0.25, 0.3) is 0 Å². The summed E-state index contributed by atoms with van der Waals surface area (Å²) in [5, 5.41) is 0. The van der Waals surface area contributed by atoms with E-state index < -0.39 is 51.3 Å². The monoisotopic (exact) mass is 390 g/mol. The lowest BCUT2D eigenvalue weighted by Gasteiger charge is -2.37. The number of allylic oxidation sites excluding steroid dienone is 2. The number of carbonyl (C=O) groups is 4. The molecule has 7 nitrogen and oxygen atoms in total. The maximum absolute atomic E-state index is 13.5. The average molecular weight is 390 g/mol. The fourth-order valence-electron chi connectivity index (χ4n) is 3.18. The van der Waals surface area contributed by atoms with E-state index in [1.807, 2.05) is 41.5 Å². The summed E-state index contributed by atoms with van der Waals surface area (Å²) < 4.78 is 14.9. The van der Waals surface area contributed by atoms with Crippen molar-refractivity contribution in [2.24, 2.45) is 10.8 Å². The summed E-state index contributed by atoms with van der Waals surface area (Å²) in [6.07, 6.45) is 3.19. The van der Waals surface area contributed by atoms with Crippen molar-refractivity contribution < 1.29 is 33.4 Å². The molecule has 0 saturated carbocycles. The third-order valence-electron chi connectivity index (χ3n) is 4.77. The number of rotatable bonds is 2. The average Bonchev–Trinajstić information content (AvgIpc) is 2.86. The van der Waals surface area contributed by atoms with Crippen LogP contribution in [0.2, 0.25) is 0 Å². The molecular weight excluding hydrogens is 364 g/mol. The number of esters is 3. The van der Waals surface area contributed by atoms with Crippen LogP contribution in [0.4, 0.5) is 0 Å². The summed E-state index contributed by atoms with van der Waals surface area (Å²) in [6, 6.07) is 0. The van der Waals surface area contributed by atoms with Crippen molar-refractivity contribution in [3.63, 3.8) is 0 Å². The van der Waals surface area contributed by atoms with E-state index in [4.69, 9.17) is 9.47 Å². The Balaban J connectivity index is 2.92. The van der Waals surface area contributed by atoms with Gasteiger partial charge in [0.1, 0.15) is 5.57 Å². The van der Waals surface area contributed by atoms with E-state index in [-0.39, 0.29) is 0 Å². The lowest BCUT2D eigenvalue weighted by atomic mass is 9.68. The number of Topliss-reactive ketones (excluding diaryl/α,β-unsaturated/α-hetero) is 1. The Morgan fingerprint density at radius 1 is 0.929 bits per heavy atom. The van der Waals surface area contributed by atoms with Crippen LogP contribution in [0.5, 0.6) is 0 Å². The van der Waals surface area contributed by atoms with Gasteiger partial charge in [-0.15, -0.1) is 0 Å². The molecule has 2 aliphatic rings. The first kappa shape index (κ1) is 21.6. The first-order valence-corrected chi connectivity index (χ1v) is 8.85. The maximum atomic E-state index is 13.5. The fourth-order valence-corrected chi connectivity index (χ4v) is 3.18. The smallest absolute Gasteiger partial charge is 0.348 e. The number of ketones is 1. The molecule has 0 aromatic rings. The van der Waals surface area contributed by atoms with E-state index in [1.54, 1.807) is 6.08 Å². The molecular formula is C21H26O7. The Hall–Kier alpha value is -2.70. The van der Waals surface area contributed by atoms with Gasteiger partial charge >= 0.3 is 17.9 Å². The van der Waals surface area contributed by atoms with Crippen LogP contribution >= 0.6 is 0 Å². The maximum Gasteiger partial charge on any atom is 0.348 e. The van der Waals surface area contributed by atoms with Gasteiger partial charge in [0.15, 0.2) is 5.57 Å². The molecule has 0 bridgehead atoms. The molecule has 0 saturated heterocycles. The van der Waals surface area contributed by atoms with E-state index in [2.05, 4.69) is 4.74 Å². The van der Waals surface area contributed by atoms with Crippen molar-refractivity contribution in [1.29, 1.82) is 0 Å². The molecule has 1 unspecified atom stereocenters. The van der Waals surface area contributed by atoms with Crippen LogP contribution in [0.25, 0.3) is 0 Å². The van der Waals surface area contributed by atoms with Crippen molar-refractivity contribution in [3.8, 4) is 0 Å². The second-order valence-electron chi connectivity index (χ2n) is 8.85. The second-order valence-corrected chi connectivity index (χ2v) is 8.85. The molecule has 2 rings (SSSR count). The van der Waals surface area contributed by atoms with Gasteiger partial charge in [-0.05, 0) is 22.5 Å². The first-order valence-electron chi connectivity index (χ1n) is 8.85. The molecule has 1 atom stereocenters. The SMILES string of the molecule is COC(=O)C1=C(C(=O)OC)C2(C=C(C(C)(C)C)C=C(C(C)(C)C)C2=O)OC1=O. The molecule has 28 heavy (non-hydrogen) atoms. The highest BCUT2D eigenvalue weighted by Crippen LogP contribution is 2.47. The van der Waals surface area contributed by atoms with Gasteiger partial charge in [-0.2, -0.15) is 0 Å². The van der Waals surface area contributed by atoms with Gasteiger partial charge in [-0.3, -0.25) is 4.79 Å². The molecule has 152 valence electrons. The molecule has 0 fully saturated rings. The molecule has 1 aliphatic heterocycles. The van der Waals surface area contributed by atoms with Crippen LogP contribution in [0.1, 0.15) is 41.5 Å². The molecule has 1 spiro atoms. The van der Waals surface area contributed by atoms with Crippen LogP contribution in [0.15, 0.2) is 34.4 Å². The van der Waals surface area contributed by atoms with Gasteiger partial charge in [0, 0.05) is 5.57 Å². The minimum absolute atomic E-state index is 0.375. The standard InChI is InChI=1S/C21H26O7/c1-19(2,3)11-9-12(20(4,5)6)15(22)21(10-11)14(18(25)27-8)13(16(23)26-7)17(24)28-21/h9-10H,1-8H3. The van der Waals surface area contributed by atoms with Crippen molar-refractivity contribution in [1.82, 2.24) is 0 Å². The lowest BCUT2D eigenvalue weighted by molar-refractivity contribution is -0.154. The number of hydrogen-bond acceptors (Lipinski definition) is 7. The molecule has 7 heteroatoms. The van der Waals surface area contributed by atoms with E-state index in [9.17, 15) is 19.2 Å². The zero-order valence-corrected chi connectivity index (χ0v) is 17.5. The van der Waals surface area contributed by atoms with Gasteiger partial charge < -0.3 is 14.2 Å². The van der Waals surface area contributed by atoms with Crippen molar-refractivity contribution in [2.75, 3.05) is 14.2 Å². The minimum atomic E-state index is -2.06. The number of ether oxygens (including phenoxy) is 3. The quantitative estimate of drug-likeness (QED) is 0.406. The van der Waals surface area contributed by atoms with E-state index >= 15 is 0 Å². The summed E-state index contributed by atoms with van der Waals surface area (Å²) in [7, 11) is 2.17. The highest BCUT2D eigenvalue weighted by Gasteiger charge is 2.60. The normalized spacial score (nSPS) is 22.7. The summed E-state index contributed by atoms with van der Waals surface area (Å²) in [5.41, 5.74) is -3.09. The summed E-state index contributed by atoms with van der Waals surface area (Å²) in [5.74, 6) is -3.74. The highest BCUT2D eigenvalue weighted by molar-refractivity contribution is 6.27. The predicted molar refractivity (Wildman–Crippen MR) is 100.0 cm³/mol. The molecule has 0 aromatic carbocycles. The molecule has 0 radical (unpaired) electrons. The lowest BCUT2D eigenvalue weighted by Crippen LogP contribution is -2.47. The Morgan fingerprint density at radius 2 is 1.46 bits per heavy atom. The largest absolute Gasteiger partial charge is 0.466 e. The van der Waals surface area contributed by atoms with E-state index in [0.717, 1.165) is 14.2 Å². The molecule has 1 aliphatic carbocycles. The third kappa shape index (κ3) is 3.30. The summed E-state index contributed by atoms with van der Waals surface area (Å²) in [6.45, 7) is 11.3. The van der Waals surface area contributed by atoms with Crippen LogP contribution in [0, 0.1) is 10.8 Å². The van der Waals surface area contributed by atoms with Gasteiger partial charge in [0.05, 0.1) is 14.2 Å². The van der Waals surface area contributed by atoms with Gasteiger partial charge in [0.2, 0.25) is 11.4 Å². The predicted octanol–water partition coefficient (Wildman–Crippen LogP) is 2.45. The number of methoxy groups -OCH3 is 2. The summed E-state index contributed by atoms with van der Waals surface area (Å²) in [4.78, 5) is 50.9. The topological polar surface area (TPSA) is 96.0 Å². The molecule has 0 N–H and O–H groups in total. The highest BCUT2D eigenvalue weighted by atomic mass is 16.6. The Labute approximate surface area is 164 Å². The van der Waals surface area contributed by atoms with Crippen molar-refractivity contribution in [2.45, 2.75) is 47.1 Å². The Morgan fingerprint density at radius 3 is 1.89 bits per heavy atom. The van der Waals surface area contributed by atoms with E-state index in [0.29, 0.717) is 11.1 Å². The van der Waals surface area contributed by atoms with Crippen LogP contribution in [-0.2, 0) is 33.4 Å². The second kappa shape index (κ2) is 6.72. The Kier molecular flexibility index (Phi) is 5.19. The van der Waals surface area contributed by atoms with Gasteiger partial charge in [-0.1, -0.05) is 47.6 Å². The zero-order chi connectivity index (χ0) is 21.7. The van der Waals surface area contributed by atoms with Gasteiger partial charge in [-0.25, -0.2) is 14.4 Å². The van der Waals surface area contributed by atoms with Crippen LogP contribution in [-0.4, -0.2) is 43.5 Å². The zero-order valence-electron chi connectivity index (χ0n) is 17.5. The first-order chi connectivity index (χ1) is 12.7. The summed E-state index contributed by atoms with van der Waals surface area (Å²) >= 11 is 0. The van der Waals surface area contributed by atoms with Crippen molar-refractivity contribution in [3.05, 3.63) is 34.4 Å². The fraction of sp³-hybridized carbons (Fsp3) is 0.524. The molecule has 1 heterocycles. The number of hydrogen-bond donors (Lipinski definition) is 0. The van der Waals surface area contributed by atoms with Crippen molar-refractivity contribution >= 4 is 23.7 Å². The van der Waals surface area contributed by atoms with E-state index in [1.165, 1.54) is 6.08 Å². The Bertz CT molecular complexity index is 856.